The van der Waals surface area contributed by atoms with Crippen molar-refractivity contribution in [2.45, 2.75) is 87.5 Å². The molecule has 2 unspecified atom stereocenters. The molecule has 0 saturated heterocycles. The van der Waals surface area contributed by atoms with Crippen LogP contribution in [0.25, 0.3) is 56.0 Å². The molecule has 0 fully saturated rings. The number of hydrogen-bond acceptors (Lipinski definition) is 8. The van der Waals surface area contributed by atoms with Gasteiger partial charge in [0, 0.05) is 66.3 Å². The van der Waals surface area contributed by atoms with Gasteiger partial charge in [-0.3, -0.25) is 39.9 Å². The van der Waals surface area contributed by atoms with Gasteiger partial charge in [0.25, 0.3) is 0 Å². The van der Waals surface area contributed by atoms with Crippen LogP contribution in [0.5, 0.6) is 0 Å². The van der Waals surface area contributed by atoms with Crippen molar-refractivity contribution in [2.24, 2.45) is 0 Å². The summed E-state index contributed by atoms with van der Waals surface area (Å²) in [6.07, 6.45) is 16.1. The van der Waals surface area contributed by atoms with E-state index in [4.69, 9.17) is 0 Å². The standard InChI is InChI=1S/C14H14N2.C14H12N2.C14H14N2.C13H14N2/c1-8-7-16-14-12(9(8)2)10(3)11-5-4-6-15-13(11)14;1-9-6-11-7-10(2)12-4-3-5-15-14(12)13(11)16-8-9;1-9-6-12-10(2)7-11-4-3-5-15-13(11)14(12)16-8-9;1-9-8-15-13(11(3)10(9)2)12-6-4-5-7-14-12/h4-7,10H,1-3H3;3-8H,1-2H3;3-6,8,10H,7H2,1-2H3;4-8H,1-3H3. The molecule has 0 radical (unpaired) electrons. The van der Waals surface area contributed by atoms with E-state index in [-0.39, 0.29) is 0 Å². The Balaban J connectivity index is 0.000000115. The first kappa shape index (κ1) is 42.6. The highest BCUT2D eigenvalue weighted by Crippen LogP contribution is 2.44. The second-order valence-corrected chi connectivity index (χ2v) is 17.0. The molecule has 0 amide bonds. The van der Waals surface area contributed by atoms with E-state index in [1.165, 1.54) is 77.5 Å². The van der Waals surface area contributed by atoms with Gasteiger partial charge in [-0.1, -0.05) is 44.2 Å². The Morgan fingerprint density at radius 1 is 0.444 bits per heavy atom. The molecule has 2 atom stereocenters. The molecule has 8 heterocycles. The van der Waals surface area contributed by atoms with Crippen molar-refractivity contribution in [1.29, 1.82) is 0 Å². The van der Waals surface area contributed by atoms with Crippen molar-refractivity contribution in [2.75, 3.05) is 0 Å². The predicted octanol–water partition coefficient (Wildman–Crippen LogP) is 12.8. The lowest BCUT2D eigenvalue weighted by Crippen LogP contribution is -2.11. The fourth-order valence-corrected chi connectivity index (χ4v) is 8.69. The molecule has 2 aliphatic carbocycles. The van der Waals surface area contributed by atoms with Gasteiger partial charge in [-0.25, -0.2) is 0 Å². The van der Waals surface area contributed by atoms with Gasteiger partial charge in [0.05, 0.1) is 45.2 Å². The van der Waals surface area contributed by atoms with Gasteiger partial charge in [-0.2, -0.15) is 0 Å². The molecule has 11 rings (SSSR count). The highest BCUT2D eigenvalue weighted by molar-refractivity contribution is 6.04. The Hall–Kier alpha value is -7.06. The van der Waals surface area contributed by atoms with Crippen LogP contribution in [-0.2, 0) is 6.42 Å². The monoisotopic (exact) mass is 826 g/mol. The fourth-order valence-electron chi connectivity index (χ4n) is 8.69. The lowest BCUT2D eigenvalue weighted by Gasteiger charge is -2.23. The van der Waals surface area contributed by atoms with Crippen LogP contribution in [0.15, 0.2) is 122 Å². The second kappa shape index (κ2) is 18.1. The Bertz CT molecular complexity index is 3120. The maximum absolute atomic E-state index is 4.55. The van der Waals surface area contributed by atoms with Crippen molar-refractivity contribution < 1.29 is 0 Å². The van der Waals surface area contributed by atoms with Gasteiger partial charge in [-0.15, -0.1) is 0 Å². The van der Waals surface area contributed by atoms with E-state index in [2.05, 4.69) is 146 Å². The third-order valence-corrected chi connectivity index (χ3v) is 12.5. The first-order valence-electron chi connectivity index (χ1n) is 21.7. The van der Waals surface area contributed by atoms with Crippen molar-refractivity contribution in [3.8, 4) is 34.2 Å². The lowest BCUT2D eigenvalue weighted by molar-refractivity contribution is 0.736. The SMILES string of the molecule is Cc1cnc(-c2ccccn2)c(C)c1C.Cc1cnc2c(c1)C(C)Cc1cccnc1-2.Cc1cnc2c(c1)cc(C)c1cccnc12.Cc1cnc2c(c1C)C(C)c1cccnc1-2. The van der Waals surface area contributed by atoms with Gasteiger partial charge < -0.3 is 0 Å². The molecule has 0 aliphatic heterocycles. The van der Waals surface area contributed by atoms with Gasteiger partial charge in [0.1, 0.15) is 0 Å². The first-order valence-corrected chi connectivity index (χ1v) is 21.7. The molecular weight excluding hydrogens is 773 g/mol. The number of aryl methyl sites for hydroxylation is 5. The number of benzene rings is 1. The summed E-state index contributed by atoms with van der Waals surface area (Å²) in [5.41, 5.74) is 23.5. The summed E-state index contributed by atoms with van der Waals surface area (Å²) in [6, 6.07) is 24.9. The normalized spacial score (nSPS) is 14.1. The van der Waals surface area contributed by atoms with E-state index in [1.807, 2.05) is 79.8 Å². The first-order chi connectivity index (χ1) is 30.4. The maximum Gasteiger partial charge on any atom is 0.0967 e. The molecule has 8 nitrogen and oxygen atoms in total. The van der Waals surface area contributed by atoms with E-state index in [9.17, 15) is 0 Å². The van der Waals surface area contributed by atoms with Gasteiger partial charge in [0.15, 0.2) is 0 Å². The number of fused-ring (bicyclic) bond motifs is 9. The minimum Gasteiger partial charge on any atom is -0.255 e. The van der Waals surface area contributed by atoms with Crippen LogP contribution < -0.4 is 0 Å². The molecule has 2 aliphatic rings. The van der Waals surface area contributed by atoms with Crippen LogP contribution in [0.3, 0.4) is 0 Å². The number of nitrogens with zero attached hydrogens (tertiary/aromatic N) is 8. The van der Waals surface area contributed by atoms with Crippen molar-refractivity contribution >= 4 is 21.8 Å². The van der Waals surface area contributed by atoms with Crippen LogP contribution >= 0.6 is 0 Å². The molecular formula is C55H54N8. The summed E-state index contributed by atoms with van der Waals surface area (Å²) >= 11 is 0. The molecule has 1 aromatic carbocycles. The molecule has 0 saturated carbocycles. The third kappa shape index (κ3) is 8.58. The lowest BCUT2D eigenvalue weighted by atomic mass is 9.84. The summed E-state index contributed by atoms with van der Waals surface area (Å²) in [4.78, 5) is 35.7. The van der Waals surface area contributed by atoms with Crippen LogP contribution in [0.2, 0.25) is 0 Å². The summed E-state index contributed by atoms with van der Waals surface area (Å²) in [5, 5.41) is 2.36. The van der Waals surface area contributed by atoms with Crippen LogP contribution in [0, 0.1) is 55.4 Å². The van der Waals surface area contributed by atoms with Crippen molar-refractivity contribution in [3.05, 3.63) is 189 Å². The van der Waals surface area contributed by atoms with Gasteiger partial charge >= 0.3 is 0 Å². The maximum atomic E-state index is 4.55. The van der Waals surface area contributed by atoms with E-state index < -0.39 is 0 Å². The van der Waals surface area contributed by atoms with Gasteiger partial charge in [0.2, 0.25) is 0 Å². The zero-order valence-electron chi connectivity index (χ0n) is 38.0. The van der Waals surface area contributed by atoms with Crippen LogP contribution in [0.1, 0.15) is 92.4 Å². The van der Waals surface area contributed by atoms with Crippen molar-refractivity contribution in [1.82, 2.24) is 39.9 Å². The minimum absolute atomic E-state index is 0.422. The smallest absolute Gasteiger partial charge is 0.0967 e. The van der Waals surface area contributed by atoms with E-state index in [0.29, 0.717) is 11.8 Å². The van der Waals surface area contributed by atoms with E-state index >= 15 is 0 Å². The average Bonchev–Trinajstić information content (AvgIpc) is 3.59. The molecule has 0 bridgehead atoms. The number of pyridine rings is 8. The summed E-state index contributed by atoms with van der Waals surface area (Å²) in [7, 11) is 0. The molecule has 314 valence electrons. The summed E-state index contributed by atoms with van der Waals surface area (Å²) in [6.45, 7) is 21.4. The Labute approximate surface area is 371 Å². The minimum atomic E-state index is 0.422. The average molecular weight is 827 g/mol. The zero-order chi connectivity index (χ0) is 44.4. The topological polar surface area (TPSA) is 103 Å². The Morgan fingerprint density at radius 2 is 1.08 bits per heavy atom. The van der Waals surface area contributed by atoms with Gasteiger partial charge in [-0.05, 0) is 177 Å². The molecule has 9 aromatic rings. The number of aromatic nitrogens is 8. The molecule has 0 spiro atoms. The Morgan fingerprint density at radius 3 is 1.86 bits per heavy atom. The predicted molar refractivity (Wildman–Crippen MR) is 257 cm³/mol. The van der Waals surface area contributed by atoms with E-state index in [0.717, 1.165) is 51.6 Å². The fraction of sp³-hybridized carbons (Fsp3) is 0.236. The van der Waals surface area contributed by atoms with Crippen LogP contribution in [0.4, 0.5) is 0 Å². The summed E-state index contributed by atoms with van der Waals surface area (Å²) < 4.78 is 0. The van der Waals surface area contributed by atoms with Crippen LogP contribution in [-0.4, -0.2) is 39.9 Å². The van der Waals surface area contributed by atoms with Crippen molar-refractivity contribution in [3.63, 3.8) is 0 Å². The third-order valence-electron chi connectivity index (χ3n) is 12.5. The van der Waals surface area contributed by atoms with E-state index in [1.54, 1.807) is 6.20 Å². The molecule has 0 N–H and O–H groups in total. The largest absolute Gasteiger partial charge is 0.255 e. The molecule has 8 heteroatoms. The number of rotatable bonds is 1. The zero-order valence-corrected chi connectivity index (χ0v) is 38.0. The second-order valence-electron chi connectivity index (χ2n) is 17.0. The highest BCUT2D eigenvalue weighted by atomic mass is 14.8. The molecule has 63 heavy (non-hydrogen) atoms. The molecule has 8 aromatic heterocycles. The highest BCUT2D eigenvalue weighted by Gasteiger charge is 2.29. The quantitative estimate of drug-likeness (QED) is 0.151. The number of hydrogen-bond donors (Lipinski definition) is 0. The Kier molecular flexibility index (Phi) is 12.3. The summed E-state index contributed by atoms with van der Waals surface area (Å²) in [5.74, 6) is 0.963.